The van der Waals surface area contributed by atoms with Gasteiger partial charge in [-0.2, -0.15) is 0 Å². The normalized spacial score (nSPS) is 14.9. The fraction of sp³-hybridized carbons (Fsp3) is 0.323. The number of ether oxygens (including phenoxy) is 1. The van der Waals surface area contributed by atoms with Gasteiger partial charge in [-0.1, -0.05) is 48.5 Å². The molecule has 1 aliphatic rings. The van der Waals surface area contributed by atoms with Gasteiger partial charge in [-0.15, -0.1) is 0 Å². The maximum absolute atomic E-state index is 13.4. The molecule has 3 aromatic rings. The Hall–Kier alpha value is -4.13. The molecule has 0 heterocycles. The van der Waals surface area contributed by atoms with Crippen LogP contribution in [0.15, 0.2) is 72.8 Å². The molecule has 0 bridgehead atoms. The molecule has 2 amide bonds. The summed E-state index contributed by atoms with van der Waals surface area (Å²) in [7, 11) is 0. The molecule has 1 atom stereocenters. The molecule has 38 heavy (non-hydrogen) atoms. The van der Waals surface area contributed by atoms with Gasteiger partial charge in [0.25, 0.3) is 5.91 Å². The summed E-state index contributed by atoms with van der Waals surface area (Å²) in [5, 5.41) is 15.4. The topological polar surface area (TPSA) is 105 Å². The number of anilines is 1. The molecule has 198 valence electrons. The first-order valence-electron chi connectivity index (χ1n) is 13.0. The van der Waals surface area contributed by atoms with Crippen molar-refractivity contribution in [3.05, 3.63) is 95.1 Å². The minimum Gasteiger partial charge on any atom is -0.480 e. The number of hydrogen-bond donors (Lipinski definition) is 3. The van der Waals surface area contributed by atoms with Crippen LogP contribution in [0.5, 0.6) is 5.75 Å². The fourth-order valence-corrected chi connectivity index (χ4v) is 5.00. The lowest BCUT2D eigenvalue weighted by Gasteiger charge is -2.30. The minimum atomic E-state index is -1.12. The van der Waals surface area contributed by atoms with E-state index >= 15 is 0 Å². The first-order chi connectivity index (χ1) is 18.2. The Kier molecular flexibility index (Phi) is 8.46. The number of carboxylic acids is 1. The summed E-state index contributed by atoms with van der Waals surface area (Å²) in [6, 6.07) is 21.2. The lowest BCUT2D eigenvalue weighted by atomic mass is 9.98. The number of rotatable bonds is 10. The average molecular weight is 515 g/mol. The van der Waals surface area contributed by atoms with Crippen molar-refractivity contribution in [1.82, 2.24) is 5.32 Å². The highest BCUT2D eigenvalue weighted by molar-refractivity contribution is 5.92. The molecule has 1 saturated carbocycles. The zero-order valence-corrected chi connectivity index (χ0v) is 21.8. The molecule has 0 saturated heterocycles. The Morgan fingerprint density at radius 2 is 1.53 bits per heavy atom. The van der Waals surface area contributed by atoms with Crippen molar-refractivity contribution in [2.75, 3.05) is 5.32 Å². The highest BCUT2D eigenvalue weighted by Gasteiger charge is 2.45. The number of aliphatic carboxylic acids is 1. The molecule has 4 rings (SSSR count). The van der Waals surface area contributed by atoms with E-state index in [0.717, 1.165) is 40.8 Å². The van der Waals surface area contributed by atoms with Gasteiger partial charge in [-0.3, -0.25) is 9.59 Å². The van der Waals surface area contributed by atoms with E-state index in [0.29, 0.717) is 18.6 Å². The molecule has 0 aliphatic heterocycles. The highest BCUT2D eigenvalue weighted by Crippen LogP contribution is 2.35. The smallest absolute Gasteiger partial charge is 0.326 e. The van der Waals surface area contributed by atoms with E-state index < -0.39 is 23.5 Å². The van der Waals surface area contributed by atoms with Gasteiger partial charge in [0.2, 0.25) is 5.91 Å². The lowest BCUT2D eigenvalue weighted by molar-refractivity contribution is -0.145. The molecular weight excluding hydrogens is 480 g/mol. The van der Waals surface area contributed by atoms with E-state index in [4.69, 9.17) is 4.74 Å². The molecule has 1 fully saturated rings. The van der Waals surface area contributed by atoms with Crippen molar-refractivity contribution >= 4 is 23.5 Å². The van der Waals surface area contributed by atoms with Gasteiger partial charge >= 0.3 is 5.97 Å². The second kappa shape index (κ2) is 11.9. The quantitative estimate of drug-likeness (QED) is 0.354. The van der Waals surface area contributed by atoms with Crippen molar-refractivity contribution in [3.8, 4) is 5.75 Å². The van der Waals surface area contributed by atoms with Crippen LogP contribution in [-0.2, 0) is 27.2 Å². The Morgan fingerprint density at radius 3 is 2.13 bits per heavy atom. The van der Waals surface area contributed by atoms with Crippen molar-refractivity contribution in [1.29, 1.82) is 0 Å². The number of hydrogen-bond acceptors (Lipinski definition) is 4. The van der Waals surface area contributed by atoms with Crippen LogP contribution in [0.3, 0.4) is 0 Å². The Balaban J connectivity index is 1.39. The number of nitrogens with one attached hydrogen (secondary N) is 2. The van der Waals surface area contributed by atoms with Crippen LogP contribution in [0.2, 0.25) is 0 Å². The summed E-state index contributed by atoms with van der Waals surface area (Å²) in [6.07, 6.45) is 3.06. The van der Waals surface area contributed by atoms with E-state index in [-0.39, 0.29) is 18.7 Å². The summed E-state index contributed by atoms with van der Waals surface area (Å²) < 4.78 is 6.23. The second-order valence-corrected chi connectivity index (χ2v) is 10.1. The number of amides is 2. The molecule has 0 radical (unpaired) electrons. The molecular formula is C31H34N2O5. The molecule has 3 N–H and O–H groups in total. The summed E-state index contributed by atoms with van der Waals surface area (Å²) in [5.74, 6) is -1.10. The molecule has 0 spiro atoms. The van der Waals surface area contributed by atoms with Crippen molar-refractivity contribution in [2.24, 2.45) is 0 Å². The van der Waals surface area contributed by atoms with E-state index in [1.54, 1.807) is 12.1 Å². The molecule has 3 aromatic carbocycles. The number of carbonyl (C=O) groups excluding carboxylic acids is 2. The Morgan fingerprint density at radius 1 is 0.895 bits per heavy atom. The first kappa shape index (κ1) is 26.9. The summed E-state index contributed by atoms with van der Waals surface area (Å²) >= 11 is 0. The van der Waals surface area contributed by atoms with Crippen molar-refractivity contribution in [2.45, 2.75) is 64.0 Å². The van der Waals surface area contributed by atoms with E-state index in [1.807, 2.05) is 68.4 Å². The molecule has 1 aliphatic carbocycles. The number of carbonyl (C=O) groups is 3. The van der Waals surface area contributed by atoms with Crippen LogP contribution in [0.1, 0.15) is 47.9 Å². The van der Waals surface area contributed by atoms with Crippen molar-refractivity contribution in [3.63, 3.8) is 0 Å². The SMILES string of the molecule is Cc1cc(C)cc(NC(=O)Cc2ccc(OC3(C(=O)N[C@H](Cc4ccccc4)C(=O)O)CCCC3)cc2)c1. The van der Waals surface area contributed by atoms with E-state index in [2.05, 4.69) is 16.7 Å². The number of benzene rings is 3. The third-order valence-electron chi connectivity index (χ3n) is 6.82. The summed E-state index contributed by atoms with van der Waals surface area (Å²) in [5.41, 5.74) is 3.47. The standard InChI is InChI=1S/C31H34N2O5/c1-21-16-22(2)18-25(17-21)32-28(34)20-24-10-12-26(13-11-24)38-31(14-6-7-15-31)30(37)33-27(29(35)36)19-23-8-4-3-5-9-23/h3-5,8-13,16-18,27H,6-7,14-15,19-20H2,1-2H3,(H,32,34)(H,33,37)(H,35,36)/t27-/m1/s1. The van der Waals surface area contributed by atoms with Crippen LogP contribution in [0.4, 0.5) is 5.69 Å². The van der Waals surface area contributed by atoms with Crippen LogP contribution in [0, 0.1) is 13.8 Å². The zero-order chi connectivity index (χ0) is 27.1. The molecule has 0 unspecified atom stereocenters. The van der Waals surface area contributed by atoms with Gasteiger partial charge in [-0.05, 0) is 86.1 Å². The monoisotopic (exact) mass is 514 g/mol. The van der Waals surface area contributed by atoms with Gasteiger partial charge in [0.15, 0.2) is 5.60 Å². The van der Waals surface area contributed by atoms with Gasteiger partial charge in [0, 0.05) is 12.1 Å². The first-order valence-corrected chi connectivity index (χ1v) is 13.0. The maximum atomic E-state index is 13.4. The highest BCUT2D eigenvalue weighted by atomic mass is 16.5. The Bertz CT molecular complexity index is 1260. The fourth-order valence-electron chi connectivity index (χ4n) is 5.00. The second-order valence-electron chi connectivity index (χ2n) is 10.1. The van der Waals surface area contributed by atoms with Gasteiger partial charge in [0.1, 0.15) is 11.8 Å². The summed E-state index contributed by atoms with van der Waals surface area (Å²) in [6.45, 7) is 3.98. The third-order valence-corrected chi connectivity index (χ3v) is 6.82. The van der Waals surface area contributed by atoms with Gasteiger partial charge < -0.3 is 20.5 Å². The largest absolute Gasteiger partial charge is 0.480 e. The number of carboxylic acid groups (broad SMARTS) is 1. The predicted octanol–water partition coefficient (Wildman–Crippen LogP) is 4.99. The minimum absolute atomic E-state index is 0.117. The van der Waals surface area contributed by atoms with Gasteiger partial charge in [0.05, 0.1) is 6.42 Å². The predicted molar refractivity (Wildman–Crippen MR) is 146 cm³/mol. The van der Waals surface area contributed by atoms with Crippen LogP contribution in [-0.4, -0.2) is 34.5 Å². The number of aryl methyl sites for hydroxylation is 2. The molecule has 7 nitrogen and oxygen atoms in total. The van der Waals surface area contributed by atoms with E-state index in [9.17, 15) is 19.5 Å². The van der Waals surface area contributed by atoms with E-state index in [1.165, 1.54) is 0 Å². The molecule has 7 heteroatoms. The summed E-state index contributed by atoms with van der Waals surface area (Å²) in [4.78, 5) is 37.8. The lowest BCUT2D eigenvalue weighted by Crippen LogP contribution is -2.54. The van der Waals surface area contributed by atoms with Crippen molar-refractivity contribution < 1.29 is 24.2 Å². The zero-order valence-electron chi connectivity index (χ0n) is 21.8. The average Bonchev–Trinajstić information content (AvgIpc) is 3.34. The molecule has 0 aromatic heterocycles. The van der Waals surface area contributed by atoms with Crippen LogP contribution < -0.4 is 15.4 Å². The third kappa shape index (κ3) is 7.00. The van der Waals surface area contributed by atoms with Gasteiger partial charge in [-0.25, -0.2) is 4.79 Å². The maximum Gasteiger partial charge on any atom is 0.326 e. The van der Waals surface area contributed by atoms with Crippen LogP contribution in [0.25, 0.3) is 0 Å². The Labute approximate surface area is 223 Å². The van der Waals surface area contributed by atoms with Crippen LogP contribution >= 0.6 is 0 Å².